The maximum Gasteiger partial charge on any atom is 0.335 e. The summed E-state index contributed by atoms with van der Waals surface area (Å²) in [7, 11) is 0. The lowest BCUT2D eigenvalue weighted by atomic mass is 9.63. The first-order chi connectivity index (χ1) is 14.7. The fourth-order valence-electron chi connectivity index (χ4n) is 6.55. The maximum absolute atomic E-state index is 11.4. The van der Waals surface area contributed by atoms with Crippen molar-refractivity contribution in [2.45, 2.75) is 116 Å². The standard InChI is InChI=1S/C28H44O2/c1-2-13-26(22-18-20-25(21-19-22)28(29)30)27(23-14-9-5-3-6-10-15-23)24-16-11-7-4-8-12-17-24/h18-21,23-24,26-27H,2-17H2,1H3,(H,29,30). The maximum atomic E-state index is 11.4. The van der Waals surface area contributed by atoms with Crippen LogP contribution in [0.5, 0.6) is 0 Å². The second-order valence-corrected chi connectivity index (χ2v) is 10.1. The molecule has 0 aromatic heterocycles. The van der Waals surface area contributed by atoms with Crippen LogP contribution in [0.1, 0.15) is 131 Å². The number of hydrogen-bond acceptors (Lipinski definition) is 1. The monoisotopic (exact) mass is 412 g/mol. The van der Waals surface area contributed by atoms with Crippen LogP contribution in [0, 0.1) is 17.8 Å². The molecule has 2 fully saturated rings. The molecule has 0 radical (unpaired) electrons. The van der Waals surface area contributed by atoms with Crippen molar-refractivity contribution in [1.29, 1.82) is 0 Å². The summed E-state index contributed by atoms with van der Waals surface area (Å²) < 4.78 is 0. The largest absolute Gasteiger partial charge is 0.478 e. The first-order valence-electron chi connectivity index (χ1n) is 13.0. The highest BCUT2D eigenvalue weighted by atomic mass is 16.4. The van der Waals surface area contributed by atoms with Gasteiger partial charge < -0.3 is 5.11 Å². The summed E-state index contributed by atoms with van der Waals surface area (Å²) in [4.78, 5) is 11.4. The van der Waals surface area contributed by atoms with Gasteiger partial charge in [-0.15, -0.1) is 0 Å². The van der Waals surface area contributed by atoms with Crippen molar-refractivity contribution in [1.82, 2.24) is 0 Å². The van der Waals surface area contributed by atoms with E-state index in [1.807, 2.05) is 12.1 Å². The number of rotatable bonds is 7. The number of carboxylic acids is 1. The Labute approximate surface area is 184 Å². The van der Waals surface area contributed by atoms with E-state index in [2.05, 4.69) is 19.1 Å². The van der Waals surface area contributed by atoms with Crippen molar-refractivity contribution < 1.29 is 9.90 Å². The molecule has 1 aromatic carbocycles. The zero-order valence-electron chi connectivity index (χ0n) is 19.3. The second kappa shape index (κ2) is 12.5. The number of aromatic carboxylic acids is 1. The van der Waals surface area contributed by atoms with E-state index in [9.17, 15) is 9.90 Å². The summed E-state index contributed by atoms with van der Waals surface area (Å²) in [5.74, 6) is 2.25. The van der Waals surface area contributed by atoms with Gasteiger partial charge in [0.05, 0.1) is 5.56 Å². The fraction of sp³-hybridized carbons (Fsp3) is 0.750. The zero-order valence-corrected chi connectivity index (χ0v) is 19.3. The van der Waals surface area contributed by atoms with Crippen molar-refractivity contribution in [2.75, 3.05) is 0 Å². The third kappa shape index (κ3) is 6.59. The van der Waals surface area contributed by atoms with Gasteiger partial charge in [0.25, 0.3) is 0 Å². The normalized spacial score (nSPS) is 21.4. The van der Waals surface area contributed by atoms with E-state index in [0.717, 1.165) is 17.8 Å². The van der Waals surface area contributed by atoms with Crippen LogP contribution in [0.2, 0.25) is 0 Å². The molecule has 1 N–H and O–H groups in total. The van der Waals surface area contributed by atoms with Crippen molar-refractivity contribution >= 4 is 5.97 Å². The van der Waals surface area contributed by atoms with E-state index >= 15 is 0 Å². The molecule has 1 unspecified atom stereocenters. The molecule has 168 valence electrons. The molecular weight excluding hydrogens is 368 g/mol. The van der Waals surface area contributed by atoms with Crippen LogP contribution in [0.15, 0.2) is 24.3 Å². The highest BCUT2D eigenvalue weighted by molar-refractivity contribution is 5.87. The number of benzene rings is 1. The van der Waals surface area contributed by atoms with Crippen LogP contribution in [0.25, 0.3) is 0 Å². The molecule has 3 rings (SSSR count). The van der Waals surface area contributed by atoms with Gasteiger partial charge in [-0.05, 0) is 47.8 Å². The summed E-state index contributed by atoms with van der Waals surface area (Å²) in [5, 5.41) is 9.35. The van der Waals surface area contributed by atoms with Crippen molar-refractivity contribution in [3.05, 3.63) is 35.4 Å². The predicted octanol–water partition coefficient (Wildman–Crippen LogP) is 8.61. The average Bonchev–Trinajstić information content (AvgIpc) is 2.69. The van der Waals surface area contributed by atoms with Gasteiger partial charge in [-0.25, -0.2) is 4.79 Å². The number of carboxylic acid groups (broad SMARTS) is 1. The van der Waals surface area contributed by atoms with Gasteiger partial charge in [-0.1, -0.05) is 115 Å². The SMILES string of the molecule is CCCC(c1ccc(C(=O)O)cc1)C(C1CCCCCCC1)C1CCCCCCC1. The molecule has 2 nitrogen and oxygen atoms in total. The van der Waals surface area contributed by atoms with Gasteiger partial charge in [-0.3, -0.25) is 0 Å². The predicted molar refractivity (Wildman–Crippen MR) is 126 cm³/mol. The van der Waals surface area contributed by atoms with Crippen LogP contribution in [-0.2, 0) is 0 Å². The summed E-state index contributed by atoms with van der Waals surface area (Å²) >= 11 is 0. The Kier molecular flexibility index (Phi) is 9.75. The van der Waals surface area contributed by atoms with E-state index < -0.39 is 5.97 Å². The molecule has 2 aliphatic rings. The molecule has 0 heterocycles. The second-order valence-electron chi connectivity index (χ2n) is 10.1. The Morgan fingerprint density at radius 3 is 1.63 bits per heavy atom. The molecule has 0 aliphatic heterocycles. The Morgan fingerprint density at radius 2 is 1.23 bits per heavy atom. The van der Waals surface area contributed by atoms with Gasteiger partial charge in [0.1, 0.15) is 0 Å². The van der Waals surface area contributed by atoms with Crippen LogP contribution in [0.3, 0.4) is 0 Å². The first kappa shape index (κ1) is 23.4. The smallest absolute Gasteiger partial charge is 0.335 e. The quantitative estimate of drug-likeness (QED) is 0.486. The third-order valence-corrected chi connectivity index (χ3v) is 8.04. The minimum atomic E-state index is -0.815. The first-order valence-corrected chi connectivity index (χ1v) is 13.0. The Bertz CT molecular complexity index is 582. The molecule has 1 aromatic rings. The molecule has 30 heavy (non-hydrogen) atoms. The van der Waals surface area contributed by atoms with E-state index in [1.54, 1.807) is 0 Å². The highest BCUT2D eigenvalue weighted by Gasteiger charge is 2.36. The van der Waals surface area contributed by atoms with Crippen molar-refractivity contribution in [3.8, 4) is 0 Å². The summed E-state index contributed by atoms with van der Waals surface area (Å²) in [5.41, 5.74) is 1.82. The lowest BCUT2D eigenvalue weighted by Crippen LogP contribution is -2.31. The van der Waals surface area contributed by atoms with Gasteiger partial charge in [0.15, 0.2) is 0 Å². The van der Waals surface area contributed by atoms with E-state index in [1.165, 1.54) is 108 Å². The lowest BCUT2D eigenvalue weighted by Gasteiger charge is -2.41. The molecule has 2 heteroatoms. The molecule has 0 saturated heterocycles. The molecule has 2 saturated carbocycles. The molecule has 1 atom stereocenters. The van der Waals surface area contributed by atoms with Crippen LogP contribution < -0.4 is 0 Å². The highest BCUT2D eigenvalue weighted by Crippen LogP contribution is 2.47. The topological polar surface area (TPSA) is 37.3 Å². The zero-order chi connectivity index (χ0) is 21.2. The van der Waals surface area contributed by atoms with Gasteiger partial charge in [-0.2, -0.15) is 0 Å². The Hall–Kier alpha value is -1.31. The minimum absolute atomic E-state index is 0.419. The van der Waals surface area contributed by atoms with Crippen LogP contribution in [-0.4, -0.2) is 11.1 Å². The molecule has 2 aliphatic carbocycles. The van der Waals surface area contributed by atoms with Gasteiger partial charge in [0.2, 0.25) is 0 Å². The van der Waals surface area contributed by atoms with Crippen LogP contribution >= 0.6 is 0 Å². The number of hydrogen-bond donors (Lipinski definition) is 1. The third-order valence-electron chi connectivity index (χ3n) is 8.04. The Balaban J connectivity index is 1.91. The molecule has 0 amide bonds. The van der Waals surface area contributed by atoms with E-state index in [4.69, 9.17) is 0 Å². The minimum Gasteiger partial charge on any atom is -0.478 e. The average molecular weight is 413 g/mol. The van der Waals surface area contributed by atoms with Crippen molar-refractivity contribution in [2.24, 2.45) is 17.8 Å². The summed E-state index contributed by atoms with van der Waals surface area (Å²) in [6, 6.07) is 7.96. The lowest BCUT2D eigenvalue weighted by molar-refractivity contribution is 0.0696. The summed E-state index contributed by atoms with van der Waals surface area (Å²) in [6.45, 7) is 2.33. The Morgan fingerprint density at radius 1 is 0.800 bits per heavy atom. The fourth-order valence-corrected chi connectivity index (χ4v) is 6.55. The molecule has 0 bridgehead atoms. The molecular formula is C28H44O2. The van der Waals surface area contributed by atoms with E-state index in [-0.39, 0.29) is 0 Å². The number of carbonyl (C=O) groups is 1. The van der Waals surface area contributed by atoms with Gasteiger partial charge in [0, 0.05) is 0 Å². The van der Waals surface area contributed by atoms with E-state index in [0.29, 0.717) is 11.5 Å². The molecule has 0 spiro atoms. The van der Waals surface area contributed by atoms with Gasteiger partial charge >= 0.3 is 5.97 Å². The summed E-state index contributed by atoms with van der Waals surface area (Å²) in [6.07, 6.45) is 22.2. The van der Waals surface area contributed by atoms with Crippen LogP contribution in [0.4, 0.5) is 0 Å². The van der Waals surface area contributed by atoms with Crippen molar-refractivity contribution in [3.63, 3.8) is 0 Å².